The molecule has 2 aliphatic carbocycles. The molecule has 102 valence electrons. The van der Waals surface area contributed by atoms with Crippen molar-refractivity contribution in [1.82, 2.24) is 0 Å². The molecular formula is C16H14O4. The molecule has 4 nitrogen and oxygen atoms in total. The second-order valence-electron chi connectivity index (χ2n) is 5.74. The quantitative estimate of drug-likeness (QED) is 0.608. The second-order valence-corrected chi connectivity index (χ2v) is 5.74. The van der Waals surface area contributed by atoms with Crippen molar-refractivity contribution < 1.29 is 19.7 Å². The van der Waals surface area contributed by atoms with Gasteiger partial charge in [-0.1, -0.05) is 12.2 Å². The van der Waals surface area contributed by atoms with E-state index < -0.39 is 0 Å². The van der Waals surface area contributed by atoms with Gasteiger partial charge in [0, 0.05) is 12.1 Å². The van der Waals surface area contributed by atoms with Crippen LogP contribution in [-0.2, 0) is 0 Å². The number of carbonyl (C=O) groups is 1. The van der Waals surface area contributed by atoms with Crippen molar-refractivity contribution in [3.05, 3.63) is 41.7 Å². The first kappa shape index (κ1) is 11.6. The molecule has 3 unspecified atom stereocenters. The number of phenolic OH excluding ortho intramolecular Hbond substituents is 2. The Morgan fingerprint density at radius 2 is 2.05 bits per heavy atom. The molecule has 1 saturated carbocycles. The van der Waals surface area contributed by atoms with E-state index in [0.717, 1.165) is 18.9 Å². The maximum Gasteiger partial charge on any atom is 0.235 e. The molecule has 3 aliphatic rings. The molecule has 0 saturated heterocycles. The number of hydrogen-bond acceptors (Lipinski definition) is 4. The zero-order valence-electron chi connectivity index (χ0n) is 10.7. The van der Waals surface area contributed by atoms with Crippen LogP contribution in [0.4, 0.5) is 0 Å². The first-order valence-corrected chi connectivity index (χ1v) is 6.80. The highest BCUT2D eigenvalue weighted by molar-refractivity contribution is 6.14. The smallest absolute Gasteiger partial charge is 0.235 e. The van der Waals surface area contributed by atoms with Gasteiger partial charge in [-0.2, -0.15) is 0 Å². The van der Waals surface area contributed by atoms with E-state index in [1.54, 1.807) is 0 Å². The van der Waals surface area contributed by atoms with E-state index >= 15 is 0 Å². The van der Waals surface area contributed by atoms with Crippen LogP contribution < -0.4 is 4.74 Å². The number of allylic oxidation sites excluding steroid dienone is 4. The van der Waals surface area contributed by atoms with Crippen molar-refractivity contribution in [1.29, 1.82) is 0 Å². The molecule has 1 aromatic rings. The molecule has 20 heavy (non-hydrogen) atoms. The Balaban J connectivity index is 1.68. The minimum atomic E-state index is -0.302. The van der Waals surface area contributed by atoms with Crippen molar-refractivity contribution >= 4 is 5.78 Å². The Bertz CT molecular complexity index is 671. The number of ether oxygens (including phenoxy) is 1. The maximum atomic E-state index is 12.3. The number of phenols is 2. The number of benzene rings is 1. The molecule has 4 heteroatoms. The molecule has 1 heterocycles. The lowest BCUT2D eigenvalue weighted by molar-refractivity contribution is 0.101. The van der Waals surface area contributed by atoms with Gasteiger partial charge in [-0.15, -0.1) is 0 Å². The summed E-state index contributed by atoms with van der Waals surface area (Å²) in [7, 11) is 0. The second kappa shape index (κ2) is 3.88. The number of fused-ring (bicyclic) bond motifs is 3. The molecule has 0 aromatic heterocycles. The van der Waals surface area contributed by atoms with Gasteiger partial charge in [-0.25, -0.2) is 0 Å². The monoisotopic (exact) mass is 270 g/mol. The minimum Gasteiger partial charge on any atom is -0.508 e. The van der Waals surface area contributed by atoms with Crippen molar-refractivity contribution in [3.63, 3.8) is 0 Å². The minimum absolute atomic E-state index is 0.113. The van der Waals surface area contributed by atoms with Gasteiger partial charge in [-0.3, -0.25) is 4.79 Å². The number of carbonyl (C=O) groups excluding carboxylic acids is 1. The number of ketones is 1. The highest BCUT2D eigenvalue weighted by Gasteiger charge is 2.37. The zero-order valence-corrected chi connectivity index (χ0v) is 10.7. The van der Waals surface area contributed by atoms with Gasteiger partial charge in [0.1, 0.15) is 22.8 Å². The van der Waals surface area contributed by atoms with Crippen LogP contribution in [-0.4, -0.2) is 16.0 Å². The number of rotatable bonds is 1. The molecule has 0 radical (unpaired) electrons. The van der Waals surface area contributed by atoms with Crippen LogP contribution in [0.1, 0.15) is 23.2 Å². The molecule has 2 bridgehead atoms. The third kappa shape index (κ3) is 1.57. The lowest BCUT2D eigenvalue weighted by Crippen LogP contribution is -2.08. The van der Waals surface area contributed by atoms with Crippen LogP contribution >= 0.6 is 0 Å². The van der Waals surface area contributed by atoms with Gasteiger partial charge in [0.15, 0.2) is 5.76 Å². The molecule has 4 rings (SSSR count). The third-order valence-electron chi connectivity index (χ3n) is 4.43. The summed E-state index contributed by atoms with van der Waals surface area (Å²) >= 11 is 0. The molecule has 2 N–H and O–H groups in total. The van der Waals surface area contributed by atoms with Gasteiger partial charge >= 0.3 is 0 Å². The van der Waals surface area contributed by atoms with E-state index in [-0.39, 0.29) is 34.4 Å². The van der Waals surface area contributed by atoms with Crippen LogP contribution in [0.15, 0.2) is 36.1 Å². The van der Waals surface area contributed by atoms with E-state index in [9.17, 15) is 15.0 Å². The van der Waals surface area contributed by atoms with E-state index in [2.05, 4.69) is 12.2 Å². The van der Waals surface area contributed by atoms with Crippen molar-refractivity contribution in [2.24, 2.45) is 17.8 Å². The Morgan fingerprint density at radius 1 is 1.20 bits per heavy atom. The average molecular weight is 270 g/mol. The van der Waals surface area contributed by atoms with Gasteiger partial charge in [0.2, 0.25) is 5.78 Å². The topological polar surface area (TPSA) is 66.8 Å². The van der Waals surface area contributed by atoms with Gasteiger partial charge in [0.25, 0.3) is 0 Å². The summed E-state index contributed by atoms with van der Waals surface area (Å²) in [6.07, 6.45) is 8.55. The highest BCUT2D eigenvalue weighted by Crippen LogP contribution is 2.46. The van der Waals surface area contributed by atoms with Crippen LogP contribution in [0.2, 0.25) is 0 Å². The van der Waals surface area contributed by atoms with E-state index in [0.29, 0.717) is 17.8 Å². The summed E-state index contributed by atoms with van der Waals surface area (Å²) in [6, 6.07) is 2.51. The summed E-state index contributed by atoms with van der Waals surface area (Å²) in [5.41, 5.74) is 0.146. The van der Waals surface area contributed by atoms with E-state index in [1.807, 2.05) is 6.08 Å². The fourth-order valence-corrected chi connectivity index (χ4v) is 3.50. The van der Waals surface area contributed by atoms with Crippen LogP contribution in [0, 0.1) is 17.8 Å². The number of aromatic hydroxyl groups is 2. The molecular weight excluding hydrogens is 256 g/mol. The predicted octanol–water partition coefficient (Wildman–Crippen LogP) is 2.77. The molecule has 1 fully saturated rings. The fourth-order valence-electron chi connectivity index (χ4n) is 3.50. The van der Waals surface area contributed by atoms with Crippen LogP contribution in [0.3, 0.4) is 0 Å². The van der Waals surface area contributed by atoms with Crippen molar-refractivity contribution in [2.75, 3.05) is 0 Å². The highest BCUT2D eigenvalue weighted by atomic mass is 16.5. The fraction of sp³-hybridized carbons (Fsp3) is 0.312. The SMILES string of the molecule is O=C1/C(=C/C2CC3C=CC2C3)Oc2cc(O)cc(O)c21. The molecule has 1 aliphatic heterocycles. The first-order valence-electron chi connectivity index (χ1n) is 6.80. The Morgan fingerprint density at radius 3 is 2.75 bits per heavy atom. The molecule has 0 spiro atoms. The predicted molar refractivity (Wildman–Crippen MR) is 71.7 cm³/mol. The molecule has 0 amide bonds. The summed E-state index contributed by atoms with van der Waals surface area (Å²) < 4.78 is 5.52. The summed E-state index contributed by atoms with van der Waals surface area (Å²) in [6.45, 7) is 0. The Labute approximate surface area is 116 Å². The maximum absolute atomic E-state index is 12.3. The van der Waals surface area contributed by atoms with Gasteiger partial charge in [-0.05, 0) is 36.7 Å². The zero-order chi connectivity index (χ0) is 13.9. The number of hydrogen-bond donors (Lipinski definition) is 2. The Hall–Kier alpha value is -2.23. The molecule has 1 aromatic carbocycles. The average Bonchev–Trinajstić information content (AvgIpc) is 3.05. The van der Waals surface area contributed by atoms with Crippen LogP contribution in [0.5, 0.6) is 17.2 Å². The Kier molecular flexibility index (Phi) is 2.25. The van der Waals surface area contributed by atoms with Crippen LogP contribution in [0.25, 0.3) is 0 Å². The first-order chi connectivity index (χ1) is 9.61. The normalized spacial score (nSPS) is 31.9. The van der Waals surface area contributed by atoms with Gasteiger partial charge < -0.3 is 14.9 Å². The van der Waals surface area contributed by atoms with Gasteiger partial charge in [0.05, 0.1) is 0 Å². The summed E-state index contributed by atoms with van der Waals surface area (Å²) in [4.78, 5) is 12.3. The van der Waals surface area contributed by atoms with Crippen molar-refractivity contribution in [3.8, 4) is 17.2 Å². The standard InChI is InChI=1S/C16H14O4/c17-11-6-12(18)15-13(7-11)20-14(16(15)19)5-10-4-8-1-2-9(10)3-8/h1-2,5-10,17-18H,3-4H2/b14-5-. The molecule has 3 atom stereocenters. The largest absolute Gasteiger partial charge is 0.508 e. The van der Waals surface area contributed by atoms with E-state index in [1.165, 1.54) is 6.07 Å². The van der Waals surface area contributed by atoms with Crippen molar-refractivity contribution in [2.45, 2.75) is 12.8 Å². The summed E-state index contributed by atoms with van der Waals surface area (Å²) in [5.74, 6) is 1.30. The van der Waals surface area contributed by atoms with E-state index in [4.69, 9.17) is 4.74 Å². The third-order valence-corrected chi connectivity index (χ3v) is 4.43. The summed E-state index contributed by atoms with van der Waals surface area (Å²) in [5, 5.41) is 19.2. The lowest BCUT2D eigenvalue weighted by atomic mass is 9.92. The lowest BCUT2D eigenvalue weighted by Gasteiger charge is -2.13. The number of Topliss-reactive ketones (excluding diaryl/α,β-unsaturated/α-hetero) is 1.